The topological polar surface area (TPSA) is 117 Å². The highest BCUT2D eigenvalue weighted by molar-refractivity contribution is 6.23. The first-order valence-electron chi connectivity index (χ1n) is 15.8. The van der Waals surface area contributed by atoms with Crippen LogP contribution in [0.4, 0.5) is 4.39 Å². The standard InChI is InChI=1S/C30H44FN5O4/c31-22-12-20-25-28(26(22)35-9-7-19(32)14-35)40-24-11-17-5-2-1-4-16(17)10-23(24)36(25)15-21(27(20)37)30(39)34-29(38)18-6-3-8-33-13-18/h15-20,22-26,28,33H,1-14,32H2,(H,34,38,39). The van der Waals surface area contributed by atoms with Crippen molar-refractivity contribution in [2.75, 3.05) is 26.2 Å². The highest BCUT2D eigenvalue weighted by Crippen LogP contribution is 2.51. The molecular formula is C30H44FN5O4. The van der Waals surface area contributed by atoms with Gasteiger partial charge in [-0.3, -0.25) is 24.6 Å². The number of rotatable bonds is 3. The number of imide groups is 1. The van der Waals surface area contributed by atoms with E-state index in [1.54, 1.807) is 6.20 Å². The molecule has 0 bridgehead atoms. The lowest BCUT2D eigenvalue weighted by Gasteiger charge is -2.61. The number of alkyl halides is 1. The van der Waals surface area contributed by atoms with Gasteiger partial charge in [-0.05, 0) is 56.9 Å². The van der Waals surface area contributed by atoms with Gasteiger partial charge in [0.2, 0.25) is 5.91 Å². The average molecular weight is 558 g/mol. The number of hydrogen-bond donors (Lipinski definition) is 3. The minimum Gasteiger partial charge on any atom is -0.369 e. The molecule has 7 aliphatic rings. The number of likely N-dealkylation sites (tertiary alicyclic amines) is 1. The summed E-state index contributed by atoms with van der Waals surface area (Å²) in [5.74, 6) is -1.08. The van der Waals surface area contributed by atoms with Gasteiger partial charge in [-0.2, -0.15) is 0 Å². The van der Waals surface area contributed by atoms with Crippen LogP contribution in [0.25, 0.3) is 0 Å². The number of nitrogens with one attached hydrogen (secondary N) is 2. The van der Waals surface area contributed by atoms with Crippen molar-refractivity contribution in [1.82, 2.24) is 20.4 Å². The zero-order valence-corrected chi connectivity index (χ0v) is 23.3. The van der Waals surface area contributed by atoms with Crippen molar-refractivity contribution in [3.63, 3.8) is 0 Å². The Hall–Kier alpha value is -1.88. The summed E-state index contributed by atoms with van der Waals surface area (Å²) in [7, 11) is 0. The molecule has 0 aromatic heterocycles. The fraction of sp³-hybridized carbons (Fsp3) is 0.833. The van der Waals surface area contributed by atoms with Crippen LogP contribution in [0.15, 0.2) is 11.8 Å². The van der Waals surface area contributed by atoms with Crippen molar-refractivity contribution in [3.05, 3.63) is 11.8 Å². The normalized spacial score (nSPS) is 45.1. The van der Waals surface area contributed by atoms with Crippen LogP contribution in [0.1, 0.15) is 64.2 Å². The Labute approximate surface area is 235 Å². The van der Waals surface area contributed by atoms with Crippen molar-refractivity contribution >= 4 is 17.6 Å². The van der Waals surface area contributed by atoms with Crippen LogP contribution < -0.4 is 16.4 Å². The van der Waals surface area contributed by atoms with E-state index in [0.29, 0.717) is 31.3 Å². The van der Waals surface area contributed by atoms with Crippen LogP contribution in [0.2, 0.25) is 0 Å². The number of Topliss-reactive ketones (excluding diaryl/α,β-unsaturated/α-hetero) is 1. The van der Waals surface area contributed by atoms with Gasteiger partial charge >= 0.3 is 0 Å². The molecule has 4 heterocycles. The summed E-state index contributed by atoms with van der Waals surface area (Å²) in [6.45, 7) is 2.76. The van der Waals surface area contributed by atoms with Gasteiger partial charge in [-0.1, -0.05) is 25.7 Å². The second kappa shape index (κ2) is 10.7. The number of halogens is 1. The van der Waals surface area contributed by atoms with Gasteiger partial charge in [0.1, 0.15) is 6.17 Å². The first kappa shape index (κ1) is 27.0. The van der Waals surface area contributed by atoms with Crippen molar-refractivity contribution in [2.24, 2.45) is 29.4 Å². The number of nitrogens with zero attached hydrogens (tertiary/aromatic N) is 2. The van der Waals surface area contributed by atoms with Gasteiger partial charge in [0, 0.05) is 37.8 Å². The van der Waals surface area contributed by atoms with E-state index in [0.717, 1.165) is 38.8 Å². The third kappa shape index (κ3) is 4.63. The lowest BCUT2D eigenvalue weighted by molar-refractivity contribution is -0.219. The lowest BCUT2D eigenvalue weighted by Crippen LogP contribution is -2.73. The highest BCUT2D eigenvalue weighted by Gasteiger charge is 2.61. The number of ketones is 1. The average Bonchev–Trinajstić information content (AvgIpc) is 3.39. The van der Waals surface area contributed by atoms with E-state index in [1.807, 2.05) is 0 Å². The lowest BCUT2D eigenvalue weighted by atomic mass is 9.64. The number of nitrogens with two attached hydrogens (primary N) is 1. The summed E-state index contributed by atoms with van der Waals surface area (Å²) in [6.07, 6.45) is 9.27. The molecule has 4 N–H and O–H groups in total. The molecule has 9 nitrogen and oxygen atoms in total. The van der Waals surface area contributed by atoms with Crippen LogP contribution in [-0.2, 0) is 19.1 Å². The Morgan fingerprint density at radius 2 is 1.85 bits per heavy atom. The molecule has 11 unspecified atom stereocenters. The minimum absolute atomic E-state index is 0.00243. The highest BCUT2D eigenvalue weighted by atomic mass is 19.1. The molecule has 220 valence electrons. The molecule has 4 aliphatic heterocycles. The van der Waals surface area contributed by atoms with Crippen molar-refractivity contribution in [2.45, 2.75) is 107 Å². The molecule has 7 rings (SSSR count). The Kier molecular flexibility index (Phi) is 7.25. The number of amides is 2. The van der Waals surface area contributed by atoms with Crippen molar-refractivity contribution < 1.29 is 23.5 Å². The molecule has 3 aliphatic carbocycles. The van der Waals surface area contributed by atoms with Crippen LogP contribution >= 0.6 is 0 Å². The van der Waals surface area contributed by atoms with E-state index < -0.39 is 30.1 Å². The van der Waals surface area contributed by atoms with Gasteiger partial charge in [0.15, 0.2) is 5.78 Å². The Morgan fingerprint density at radius 1 is 1.05 bits per heavy atom. The van der Waals surface area contributed by atoms with E-state index in [-0.39, 0.29) is 53.8 Å². The molecule has 0 aromatic rings. The smallest absolute Gasteiger partial charge is 0.262 e. The van der Waals surface area contributed by atoms with Gasteiger partial charge < -0.3 is 20.7 Å². The number of piperidine rings is 1. The second-order valence-electron chi connectivity index (χ2n) is 13.6. The summed E-state index contributed by atoms with van der Waals surface area (Å²) in [5, 5.41) is 5.73. The van der Waals surface area contributed by atoms with Crippen LogP contribution in [0.5, 0.6) is 0 Å². The first-order chi connectivity index (χ1) is 19.4. The molecule has 6 fully saturated rings. The molecule has 3 saturated carbocycles. The molecule has 0 radical (unpaired) electrons. The SMILES string of the molecule is NC1CCN(C2C(F)CC3C(=O)C(C(=O)NC(=O)C4CCCNC4)=CN4C5CC6CCCCC6CC5OC2C34)C1. The van der Waals surface area contributed by atoms with Gasteiger partial charge in [-0.15, -0.1) is 0 Å². The Balaban J connectivity index is 1.21. The number of morpholine rings is 1. The summed E-state index contributed by atoms with van der Waals surface area (Å²) in [6, 6.07) is -0.679. The summed E-state index contributed by atoms with van der Waals surface area (Å²) in [4.78, 5) is 44.6. The van der Waals surface area contributed by atoms with Gasteiger partial charge in [-0.25, -0.2) is 4.39 Å². The molecule has 2 amide bonds. The van der Waals surface area contributed by atoms with Crippen LogP contribution in [0, 0.1) is 23.7 Å². The summed E-state index contributed by atoms with van der Waals surface area (Å²) >= 11 is 0. The zero-order valence-electron chi connectivity index (χ0n) is 23.3. The number of fused-ring (bicyclic) bond motifs is 3. The van der Waals surface area contributed by atoms with Crippen molar-refractivity contribution in [1.29, 1.82) is 0 Å². The summed E-state index contributed by atoms with van der Waals surface area (Å²) < 4.78 is 23.0. The third-order valence-electron chi connectivity index (χ3n) is 11.3. The van der Waals surface area contributed by atoms with Gasteiger partial charge in [0.25, 0.3) is 5.91 Å². The Morgan fingerprint density at radius 3 is 2.58 bits per heavy atom. The molecular weight excluding hydrogens is 513 g/mol. The number of carbonyl (C=O) groups excluding carboxylic acids is 3. The summed E-state index contributed by atoms with van der Waals surface area (Å²) in [5.41, 5.74) is 6.23. The van der Waals surface area contributed by atoms with E-state index in [9.17, 15) is 14.4 Å². The van der Waals surface area contributed by atoms with Gasteiger partial charge in [0.05, 0.1) is 41.8 Å². The van der Waals surface area contributed by atoms with E-state index >= 15 is 4.39 Å². The van der Waals surface area contributed by atoms with E-state index in [1.165, 1.54) is 25.7 Å². The number of hydrogen-bond acceptors (Lipinski definition) is 8. The maximum absolute atomic E-state index is 16.1. The largest absolute Gasteiger partial charge is 0.369 e. The molecule has 3 saturated heterocycles. The fourth-order valence-electron chi connectivity index (χ4n) is 9.31. The molecule has 11 atom stereocenters. The van der Waals surface area contributed by atoms with E-state index in [4.69, 9.17) is 10.5 Å². The maximum Gasteiger partial charge on any atom is 0.262 e. The van der Waals surface area contributed by atoms with E-state index in [2.05, 4.69) is 20.4 Å². The molecule has 10 heteroatoms. The predicted octanol–water partition coefficient (Wildman–Crippen LogP) is 1.26. The monoisotopic (exact) mass is 557 g/mol. The van der Waals surface area contributed by atoms with Crippen LogP contribution in [0.3, 0.4) is 0 Å². The predicted molar refractivity (Wildman–Crippen MR) is 146 cm³/mol. The first-order valence-corrected chi connectivity index (χ1v) is 15.8. The molecule has 0 aromatic carbocycles. The third-order valence-corrected chi connectivity index (χ3v) is 11.3. The maximum atomic E-state index is 16.1. The number of carbonyl (C=O) groups is 3. The zero-order chi connectivity index (χ0) is 27.5. The fourth-order valence-corrected chi connectivity index (χ4v) is 9.31. The Bertz CT molecular complexity index is 1060. The molecule has 40 heavy (non-hydrogen) atoms. The quantitative estimate of drug-likeness (QED) is 0.351. The minimum atomic E-state index is -1.25. The second-order valence-corrected chi connectivity index (χ2v) is 13.6. The van der Waals surface area contributed by atoms with Crippen LogP contribution in [-0.4, -0.2) is 96.1 Å². The van der Waals surface area contributed by atoms with Crippen molar-refractivity contribution in [3.8, 4) is 0 Å². The molecule has 0 spiro atoms. The number of ether oxygens (including phenoxy) is 1.